The molecule has 0 saturated heterocycles. The summed E-state index contributed by atoms with van der Waals surface area (Å²) in [5.74, 6) is 1.54. The molecule has 0 fully saturated rings. The molecular weight excluding hydrogens is 412 g/mol. The SMILES string of the molecule is COc1ccc(C[C@@H](NC(=O)NCCc2cc(C)ccc2C)c2nc3ccccc3[nH]2)cc1. The second kappa shape index (κ2) is 10.2. The number of imidazole rings is 1. The Morgan fingerprint density at radius 2 is 1.85 bits per heavy atom. The lowest BCUT2D eigenvalue weighted by Crippen LogP contribution is -2.40. The molecule has 0 unspecified atom stereocenters. The summed E-state index contributed by atoms with van der Waals surface area (Å²) in [5, 5.41) is 6.11. The molecule has 0 aliphatic carbocycles. The summed E-state index contributed by atoms with van der Waals surface area (Å²) in [5.41, 5.74) is 6.62. The third kappa shape index (κ3) is 5.71. The van der Waals surface area contributed by atoms with Crippen LogP contribution in [0.3, 0.4) is 0 Å². The van der Waals surface area contributed by atoms with Crippen LogP contribution in [0.4, 0.5) is 4.79 Å². The standard InChI is InChI=1S/C27H30N4O2/c1-18-8-9-19(2)21(16-18)14-15-28-27(32)31-25(17-20-10-12-22(33-3)13-11-20)26-29-23-6-4-5-7-24(23)30-26/h4-13,16,25H,14-15,17H2,1-3H3,(H,29,30)(H2,28,31,32)/t25-/m1/s1. The van der Waals surface area contributed by atoms with Gasteiger partial charge in [0.25, 0.3) is 0 Å². The number of hydrogen-bond acceptors (Lipinski definition) is 3. The van der Waals surface area contributed by atoms with Crippen molar-refractivity contribution in [3.05, 3.63) is 94.8 Å². The van der Waals surface area contributed by atoms with Crippen LogP contribution >= 0.6 is 0 Å². The lowest BCUT2D eigenvalue weighted by Gasteiger charge is -2.18. The summed E-state index contributed by atoms with van der Waals surface area (Å²) in [6.45, 7) is 4.74. The van der Waals surface area contributed by atoms with Crippen molar-refractivity contribution in [2.45, 2.75) is 32.7 Å². The summed E-state index contributed by atoms with van der Waals surface area (Å²) in [6, 6.07) is 21.6. The highest BCUT2D eigenvalue weighted by Crippen LogP contribution is 2.21. The minimum atomic E-state index is -0.300. The molecule has 0 spiro atoms. The van der Waals surface area contributed by atoms with Gasteiger partial charge >= 0.3 is 6.03 Å². The van der Waals surface area contributed by atoms with Gasteiger partial charge in [0, 0.05) is 6.54 Å². The fraction of sp³-hybridized carbons (Fsp3) is 0.259. The van der Waals surface area contributed by atoms with E-state index >= 15 is 0 Å². The molecule has 4 aromatic rings. The number of nitrogens with one attached hydrogen (secondary N) is 3. The second-order valence-corrected chi connectivity index (χ2v) is 8.32. The Morgan fingerprint density at radius 1 is 1.06 bits per heavy atom. The number of hydrogen-bond donors (Lipinski definition) is 3. The number of amides is 2. The van der Waals surface area contributed by atoms with Crippen LogP contribution in [-0.4, -0.2) is 29.7 Å². The molecule has 33 heavy (non-hydrogen) atoms. The summed E-state index contributed by atoms with van der Waals surface area (Å²) >= 11 is 0. The highest BCUT2D eigenvalue weighted by Gasteiger charge is 2.19. The normalized spacial score (nSPS) is 11.8. The van der Waals surface area contributed by atoms with E-state index in [0.29, 0.717) is 13.0 Å². The average Bonchev–Trinajstić information content (AvgIpc) is 3.26. The van der Waals surface area contributed by atoms with Crippen molar-refractivity contribution in [3.8, 4) is 5.75 Å². The number of benzene rings is 3. The number of ether oxygens (including phenoxy) is 1. The number of carbonyl (C=O) groups excluding carboxylic acids is 1. The Bertz CT molecular complexity index is 1200. The van der Waals surface area contributed by atoms with E-state index < -0.39 is 0 Å². The Hall–Kier alpha value is -3.80. The van der Waals surface area contributed by atoms with E-state index in [0.717, 1.165) is 34.6 Å². The number of carbonyl (C=O) groups is 1. The van der Waals surface area contributed by atoms with E-state index in [1.807, 2.05) is 48.5 Å². The summed E-state index contributed by atoms with van der Waals surface area (Å²) < 4.78 is 5.26. The van der Waals surface area contributed by atoms with Crippen LogP contribution in [0.5, 0.6) is 5.75 Å². The third-order valence-electron chi connectivity index (χ3n) is 5.83. The van der Waals surface area contributed by atoms with Crippen molar-refractivity contribution in [3.63, 3.8) is 0 Å². The predicted octanol–water partition coefficient (Wildman–Crippen LogP) is 5.01. The molecule has 0 aliphatic heterocycles. The number of aromatic nitrogens is 2. The number of para-hydroxylation sites is 2. The molecule has 0 radical (unpaired) electrons. The number of urea groups is 1. The van der Waals surface area contributed by atoms with Gasteiger partial charge in [0.2, 0.25) is 0 Å². The van der Waals surface area contributed by atoms with Gasteiger partial charge in [0.15, 0.2) is 0 Å². The molecule has 170 valence electrons. The number of H-pyrrole nitrogens is 1. The largest absolute Gasteiger partial charge is 0.497 e. The Balaban J connectivity index is 1.46. The molecule has 6 nitrogen and oxygen atoms in total. The minimum absolute atomic E-state index is 0.209. The number of aryl methyl sites for hydroxylation is 2. The second-order valence-electron chi connectivity index (χ2n) is 8.32. The van der Waals surface area contributed by atoms with E-state index in [9.17, 15) is 4.79 Å². The van der Waals surface area contributed by atoms with Crippen LogP contribution < -0.4 is 15.4 Å². The van der Waals surface area contributed by atoms with Crippen LogP contribution in [0.25, 0.3) is 11.0 Å². The van der Waals surface area contributed by atoms with Crippen LogP contribution in [-0.2, 0) is 12.8 Å². The van der Waals surface area contributed by atoms with Crippen molar-refractivity contribution in [2.24, 2.45) is 0 Å². The zero-order valence-corrected chi connectivity index (χ0v) is 19.3. The first kappa shape index (κ1) is 22.4. The third-order valence-corrected chi connectivity index (χ3v) is 5.83. The van der Waals surface area contributed by atoms with E-state index in [1.54, 1.807) is 7.11 Å². The minimum Gasteiger partial charge on any atom is -0.497 e. The van der Waals surface area contributed by atoms with Crippen molar-refractivity contribution in [1.29, 1.82) is 0 Å². The molecule has 1 atom stereocenters. The maximum atomic E-state index is 12.8. The number of aromatic amines is 1. The molecule has 1 heterocycles. The van der Waals surface area contributed by atoms with Gasteiger partial charge in [-0.05, 0) is 67.6 Å². The monoisotopic (exact) mass is 442 g/mol. The van der Waals surface area contributed by atoms with Gasteiger partial charge in [-0.15, -0.1) is 0 Å². The lowest BCUT2D eigenvalue weighted by molar-refractivity contribution is 0.236. The summed E-state index contributed by atoms with van der Waals surface area (Å²) in [7, 11) is 1.65. The molecule has 3 aromatic carbocycles. The van der Waals surface area contributed by atoms with Gasteiger partial charge in [-0.3, -0.25) is 0 Å². The number of methoxy groups -OCH3 is 1. The van der Waals surface area contributed by atoms with Crippen molar-refractivity contribution in [1.82, 2.24) is 20.6 Å². The molecule has 6 heteroatoms. The molecule has 2 amide bonds. The molecule has 0 bridgehead atoms. The van der Waals surface area contributed by atoms with Gasteiger partial charge in [-0.25, -0.2) is 9.78 Å². The maximum absolute atomic E-state index is 12.8. The summed E-state index contributed by atoms with van der Waals surface area (Å²) in [6.07, 6.45) is 1.39. The lowest BCUT2D eigenvalue weighted by atomic mass is 10.0. The van der Waals surface area contributed by atoms with Crippen molar-refractivity contribution < 1.29 is 9.53 Å². The van der Waals surface area contributed by atoms with Gasteiger partial charge in [0.05, 0.1) is 24.2 Å². The first-order valence-electron chi connectivity index (χ1n) is 11.2. The zero-order valence-electron chi connectivity index (χ0n) is 19.3. The maximum Gasteiger partial charge on any atom is 0.315 e. The molecular formula is C27H30N4O2. The zero-order chi connectivity index (χ0) is 23.2. The van der Waals surface area contributed by atoms with Crippen molar-refractivity contribution in [2.75, 3.05) is 13.7 Å². The van der Waals surface area contributed by atoms with E-state index in [-0.39, 0.29) is 12.1 Å². The fourth-order valence-corrected chi connectivity index (χ4v) is 3.94. The molecule has 4 rings (SSSR count). The topological polar surface area (TPSA) is 79.0 Å². The number of nitrogens with zero attached hydrogens (tertiary/aromatic N) is 1. The van der Waals surface area contributed by atoms with Crippen molar-refractivity contribution >= 4 is 17.1 Å². The summed E-state index contributed by atoms with van der Waals surface area (Å²) in [4.78, 5) is 20.9. The van der Waals surface area contributed by atoms with Crippen LogP contribution in [0.2, 0.25) is 0 Å². The van der Waals surface area contributed by atoms with Crippen LogP contribution in [0.15, 0.2) is 66.7 Å². The molecule has 3 N–H and O–H groups in total. The molecule has 1 aromatic heterocycles. The van der Waals surface area contributed by atoms with Gasteiger partial charge in [-0.1, -0.05) is 48.0 Å². The highest BCUT2D eigenvalue weighted by atomic mass is 16.5. The van der Waals surface area contributed by atoms with E-state index in [2.05, 4.69) is 47.7 Å². The average molecular weight is 443 g/mol. The molecule has 0 saturated carbocycles. The van der Waals surface area contributed by atoms with E-state index in [4.69, 9.17) is 9.72 Å². The van der Waals surface area contributed by atoms with Gasteiger partial charge in [0.1, 0.15) is 11.6 Å². The highest BCUT2D eigenvalue weighted by molar-refractivity contribution is 5.76. The fourth-order valence-electron chi connectivity index (χ4n) is 3.94. The van der Waals surface area contributed by atoms with Crippen LogP contribution in [0, 0.1) is 13.8 Å². The Kier molecular flexibility index (Phi) is 6.93. The molecule has 0 aliphatic rings. The Labute approximate surface area is 194 Å². The van der Waals surface area contributed by atoms with Gasteiger partial charge in [-0.2, -0.15) is 0 Å². The van der Waals surface area contributed by atoms with Gasteiger partial charge < -0.3 is 20.4 Å². The van der Waals surface area contributed by atoms with Crippen LogP contribution in [0.1, 0.15) is 34.1 Å². The Morgan fingerprint density at radius 3 is 2.61 bits per heavy atom. The predicted molar refractivity (Wildman–Crippen MR) is 132 cm³/mol. The first-order valence-corrected chi connectivity index (χ1v) is 11.2. The number of rotatable bonds is 8. The quantitative estimate of drug-likeness (QED) is 0.359. The number of fused-ring (bicyclic) bond motifs is 1. The first-order chi connectivity index (χ1) is 16.0. The smallest absolute Gasteiger partial charge is 0.315 e. The van der Waals surface area contributed by atoms with E-state index in [1.165, 1.54) is 16.7 Å².